The van der Waals surface area contributed by atoms with Gasteiger partial charge in [-0.05, 0) is 6.42 Å². The zero-order valence-electron chi connectivity index (χ0n) is 8.67. The van der Waals surface area contributed by atoms with Crippen LogP contribution in [0.1, 0.15) is 12.8 Å². The Bertz CT molecular complexity index is 209. The lowest BCUT2D eigenvalue weighted by Crippen LogP contribution is -2.38. The minimum absolute atomic E-state index is 0.00212. The maximum atomic E-state index is 9.57. The summed E-state index contributed by atoms with van der Waals surface area (Å²) < 4.78 is 5.22. The van der Waals surface area contributed by atoms with Crippen LogP contribution in [-0.4, -0.2) is 46.8 Å². The zero-order valence-corrected chi connectivity index (χ0v) is 8.67. The second-order valence-corrected chi connectivity index (χ2v) is 3.11. The summed E-state index contributed by atoms with van der Waals surface area (Å²) in [5.74, 6) is 2.29. The third-order valence-corrected chi connectivity index (χ3v) is 1.90. The van der Waals surface area contributed by atoms with Gasteiger partial charge in [-0.3, -0.25) is 0 Å². The second-order valence-electron chi connectivity index (χ2n) is 3.11. The first-order chi connectivity index (χ1) is 7.17. The Balaban J connectivity index is 4.18. The number of hydrogen-bond acceptors (Lipinski definition) is 4. The Hall–Kier alpha value is -0.860. The normalized spacial score (nSPS) is 16.4. The summed E-state index contributed by atoms with van der Waals surface area (Å²) in [5.41, 5.74) is 0. The van der Waals surface area contributed by atoms with E-state index in [-0.39, 0.29) is 19.6 Å². The van der Waals surface area contributed by atoms with Gasteiger partial charge in [0.2, 0.25) is 0 Å². The molecule has 3 unspecified atom stereocenters. The van der Waals surface area contributed by atoms with Crippen LogP contribution in [0.3, 0.4) is 0 Å². The Kier molecular flexibility index (Phi) is 7.96. The van der Waals surface area contributed by atoms with Crippen molar-refractivity contribution < 1.29 is 20.1 Å². The van der Waals surface area contributed by atoms with Crippen LogP contribution in [0.4, 0.5) is 0 Å². The molecule has 4 nitrogen and oxygen atoms in total. The topological polar surface area (TPSA) is 69.9 Å². The average Bonchev–Trinajstić information content (AvgIpc) is 2.23. The highest BCUT2D eigenvalue weighted by Gasteiger charge is 2.25. The molecule has 4 heteroatoms. The monoisotopic (exact) mass is 214 g/mol. The third-order valence-electron chi connectivity index (χ3n) is 1.90. The molecule has 0 bridgehead atoms. The van der Waals surface area contributed by atoms with Crippen LogP contribution in [0.5, 0.6) is 0 Å². The third kappa shape index (κ3) is 5.55. The Labute approximate surface area is 90.2 Å². The molecule has 0 amide bonds. The molecule has 15 heavy (non-hydrogen) atoms. The first-order valence-corrected chi connectivity index (χ1v) is 4.82. The van der Waals surface area contributed by atoms with Crippen molar-refractivity contribution in [2.24, 2.45) is 0 Å². The van der Waals surface area contributed by atoms with E-state index in [0.29, 0.717) is 6.42 Å². The van der Waals surface area contributed by atoms with Crippen molar-refractivity contribution in [1.29, 1.82) is 0 Å². The predicted molar refractivity (Wildman–Crippen MR) is 57.1 cm³/mol. The largest absolute Gasteiger partial charge is 0.396 e. The number of aliphatic hydroxyl groups excluding tert-OH is 3. The molecule has 0 aromatic carbocycles. The van der Waals surface area contributed by atoms with E-state index in [1.807, 2.05) is 0 Å². The lowest BCUT2D eigenvalue weighted by molar-refractivity contribution is -0.0855. The van der Waals surface area contributed by atoms with E-state index in [1.165, 1.54) is 6.08 Å². The van der Waals surface area contributed by atoms with E-state index in [2.05, 4.69) is 12.5 Å². The van der Waals surface area contributed by atoms with Gasteiger partial charge in [-0.25, -0.2) is 0 Å². The molecule has 86 valence electrons. The minimum Gasteiger partial charge on any atom is -0.396 e. The summed E-state index contributed by atoms with van der Waals surface area (Å²) in [6.07, 6.45) is 4.20. The van der Waals surface area contributed by atoms with E-state index in [4.69, 9.17) is 16.3 Å². The number of aliphatic hydroxyl groups is 3. The number of ether oxygens (including phenoxy) is 1. The van der Waals surface area contributed by atoms with Crippen molar-refractivity contribution in [1.82, 2.24) is 0 Å². The molecular weight excluding hydrogens is 196 g/mol. The van der Waals surface area contributed by atoms with Crippen molar-refractivity contribution >= 4 is 0 Å². The van der Waals surface area contributed by atoms with Crippen molar-refractivity contribution in [3.8, 4) is 12.3 Å². The SMILES string of the molecule is C#CCC(O)C(OCCCO)C(O)C=C. The van der Waals surface area contributed by atoms with E-state index >= 15 is 0 Å². The van der Waals surface area contributed by atoms with Gasteiger partial charge in [0.15, 0.2) is 0 Å². The molecule has 3 atom stereocenters. The first-order valence-electron chi connectivity index (χ1n) is 4.82. The summed E-state index contributed by atoms with van der Waals surface area (Å²) in [7, 11) is 0. The second kappa shape index (κ2) is 8.45. The van der Waals surface area contributed by atoms with E-state index in [0.717, 1.165) is 0 Å². The molecule has 0 aliphatic carbocycles. The summed E-state index contributed by atoms with van der Waals surface area (Å²) in [6, 6.07) is 0. The highest BCUT2D eigenvalue weighted by molar-refractivity contribution is 4.95. The maximum absolute atomic E-state index is 9.57. The van der Waals surface area contributed by atoms with Gasteiger partial charge in [0.05, 0.1) is 6.10 Å². The van der Waals surface area contributed by atoms with Gasteiger partial charge in [0.1, 0.15) is 12.2 Å². The molecule has 0 rings (SSSR count). The van der Waals surface area contributed by atoms with Crippen LogP contribution < -0.4 is 0 Å². The molecule has 3 N–H and O–H groups in total. The van der Waals surface area contributed by atoms with Gasteiger partial charge in [0.25, 0.3) is 0 Å². The number of terminal acetylenes is 1. The van der Waals surface area contributed by atoms with Crippen LogP contribution in [0, 0.1) is 12.3 Å². The summed E-state index contributed by atoms with van der Waals surface area (Å²) in [5, 5.41) is 27.6. The molecule has 0 aromatic heterocycles. The van der Waals surface area contributed by atoms with Crippen molar-refractivity contribution in [2.75, 3.05) is 13.2 Å². The van der Waals surface area contributed by atoms with E-state index in [1.54, 1.807) is 0 Å². The Morgan fingerprint density at radius 2 is 2.13 bits per heavy atom. The van der Waals surface area contributed by atoms with Gasteiger partial charge >= 0.3 is 0 Å². The highest BCUT2D eigenvalue weighted by Crippen LogP contribution is 2.10. The lowest BCUT2D eigenvalue weighted by Gasteiger charge is -2.24. The zero-order chi connectivity index (χ0) is 11.7. The van der Waals surface area contributed by atoms with Crippen LogP contribution >= 0.6 is 0 Å². The first kappa shape index (κ1) is 14.1. The molecule has 0 saturated heterocycles. The van der Waals surface area contributed by atoms with E-state index in [9.17, 15) is 10.2 Å². The van der Waals surface area contributed by atoms with Gasteiger partial charge in [-0.2, -0.15) is 0 Å². The molecule has 0 radical (unpaired) electrons. The molecule has 0 aliphatic heterocycles. The predicted octanol–water partition coefficient (Wildman–Crippen LogP) is -0.315. The van der Waals surface area contributed by atoms with E-state index < -0.39 is 18.3 Å². The standard InChI is InChI=1S/C11H18O4/c1-3-6-10(14)11(9(13)4-2)15-8-5-7-12/h1,4,9-14H,2,5-8H2. The van der Waals surface area contributed by atoms with Crippen molar-refractivity contribution in [3.05, 3.63) is 12.7 Å². The number of hydrogen-bond donors (Lipinski definition) is 3. The fraction of sp³-hybridized carbons (Fsp3) is 0.636. The number of rotatable bonds is 8. The minimum atomic E-state index is -0.966. The van der Waals surface area contributed by atoms with Crippen LogP contribution in [-0.2, 0) is 4.74 Å². The van der Waals surface area contributed by atoms with Crippen LogP contribution in [0.25, 0.3) is 0 Å². The lowest BCUT2D eigenvalue weighted by atomic mass is 10.1. The fourth-order valence-electron chi connectivity index (χ4n) is 1.09. The molecule has 0 fully saturated rings. The maximum Gasteiger partial charge on any atom is 0.114 e. The fourth-order valence-corrected chi connectivity index (χ4v) is 1.09. The molecule has 0 heterocycles. The van der Waals surface area contributed by atoms with Gasteiger partial charge in [-0.1, -0.05) is 6.08 Å². The van der Waals surface area contributed by atoms with Gasteiger partial charge < -0.3 is 20.1 Å². The Morgan fingerprint density at radius 1 is 1.47 bits per heavy atom. The summed E-state index contributed by atoms with van der Waals surface area (Å²) >= 11 is 0. The average molecular weight is 214 g/mol. The molecule has 0 aliphatic rings. The molecule has 0 saturated carbocycles. The van der Waals surface area contributed by atoms with Crippen molar-refractivity contribution in [2.45, 2.75) is 31.2 Å². The smallest absolute Gasteiger partial charge is 0.114 e. The summed E-state index contributed by atoms with van der Waals surface area (Å²) in [4.78, 5) is 0. The Morgan fingerprint density at radius 3 is 2.60 bits per heavy atom. The molecule has 0 aromatic rings. The quantitative estimate of drug-likeness (QED) is 0.294. The summed E-state index contributed by atoms with van der Waals surface area (Å²) in [6.45, 7) is 3.67. The van der Waals surface area contributed by atoms with Crippen LogP contribution in [0.2, 0.25) is 0 Å². The van der Waals surface area contributed by atoms with Gasteiger partial charge in [0, 0.05) is 19.6 Å². The van der Waals surface area contributed by atoms with Gasteiger partial charge in [-0.15, -0.1) is 18.9 Å². The highest BCUT2D eigenvalue weighted by atomic mass is 16.5. The van der Waals surface area contributed by atoms with Crippen LogP contribution in [0.15, 0.2) is 12.7 Å². The van der Waals surface area contributed by atoms with Crippen molar-refractivity contribution in [3.63, 3.8) is 0 Å². The molecule has 0 spiro atoms. The molecular formula is C11H18O4.